The SMILES string of the molecule is O=C(O)CN1CCN(CC(=O)O)CCN(CC(O)CN(CC(O)CN2CCN(CC(=O)O)CCN(CC(=O)O)CCN(CC(=O)O)CC2)CP(=O)(O)O)CCN(CC(=O)O)CC1. The van der Waals surface area contributed by atoms with E-state index in [1.165, 1.54) is 4.90 Å². The molecule has 0 amide bonds. The third kappa shape index (κ3) is 26.2. The van der Waals surface area contributed by atoms with Crippen LogP contribution in [0.25, 0.3) is 0 Å². The molecular formula is C35H66N9O17P. The quantitative estimate of drug-likeness (QED) is 0.0452. The van der Waals surface area contributed by atoms with Crippen LogP contribution in [0.3, 0.4) is 0 Å². The van der Waals surface area contributed by atoms with Crippen LogP contribution in [-0.4, -0.2) is 319 Å². The third-order valence-electron chi connectivity index (χ3n) is 10.3. The normalized spacial score (nSPS) is 20.6. The maximum Gasteiger partial charge on any atom is 0.339 e. The lowest BCUT2D eigenvalue weighted by molar-refractivity contribution is -0.140. The summed E-state index contributed by atoms with van der Waals surface area (Å²) in [5.41, 5.74) is 0. The Labute approximate surface area is 359 Å². The summed E-state index contributed by atoms with van der Waals surface area (Å²) in [5, 5.41) is 79.6. The van der Waals surface area contributed by atoms with Crippen LogP contribution in [0.5, 0.6) is 0 Å². The van der Waals surface area contributed by atoms with Gasteiger partial charge in [-0.05, 0) is 0 Å². The Balaban J connectivity index is 2.24. The van der Waals surface area contributed by atoms with Crippen LogP contribution in [-0.2, 0) is 33.3 Å². The van der Waals surface area contributed by atoms with Gasteiger partial charge in [-0.1, -0.05) is 0 Å². The zero-order valence-corrected chi connectivity index (χ0v) is 35.9. The molecular weight excluding hydrogens is 849 g/mol. The Morgan fingerprint density at radius 1 is 0.387 bits per heavy atom. The Hall–Kier alpha value is -3.47. The molecule has 0 saturated carbocycles. The first-order chi connectivity index (χ1) is 29.0. The summed E-state index contributed by atoms with van der Waals surface area (Å²) in [7, 11) is -4.75. The molecule has 2 atom stereocenters. The summed E-state index contributed by atoms with van der Waals surface area (Å²) in [5.74, 6) is -6.63. The Bertz CT molecular complexity index is 1320. The van der Waals surface area contributed by atoms with Crippen LogP contribution in [0.1, 0.15) is 0 Å². The van der Waals surface area contributed by atoms with Gasteiger partial charge >= 0.3 is 43.4 Å². The molecule has 2 fully saturated rings. The van der Waals surface area contributed by atoms with Crippen molar-refractivity contribution in [3.8, 4) is 0 Å². The monoisotopic (exact) mass is 915 g/mol. The highest BCUT2D eigenvalue weighted by molar-refractivity contribution is 7.51. The van der Waals surface area contributed by atoms with Gasteiger partial charge in [-0.3, -0.25) is 77.4 Å². The number of carboxylic acid groups (broad SMARTS) is 6. The van der Waals surface area contributed by atoms with Crippen LogP contribution in [0.4, 0.5) is 0 Å². The smallest absolute Gasteiger partial charge is 0.339 e. The zero-order chi connectivity index (χ0) is 46.4. The molecule has 0 aromatic heterocycles. The molecule has 2 heterocycles. The van der Waals surface area contributed by atoms with Crippen molar-refractivity contribution in [1.29, 1.82) is 0 Å². The first kappa shape index (κ1) is 54.7. The number of β-amino-alcohol motifs (C(OH)–C–C–N with tert-alkyl or cyclic N) is 2. The summed E-state index contributed by atoms with van der Waals surface area (Å²) in [4.78, 5) is 104. The molecule has 0 spiro atoms. The number of aliphatic carboxylic acids is 6. The fraction of sp³-hybridized carbons (Fsp3) is 0.829. The Morgan fingerprint density at radius 3 is 0.726 bits per heavy atom. The minimum Gasteiger partial charge on any atom is -0.480 e. The van der Waals surface area contributed by atoms with Gasteiger partial charge in [0.2, 0.25) is 0 Å². The molecule has 27 heteroatoms. The topological polar surface area (TPSA) is 351 Å². The van der Waals surface area contributed by atoms with Gasteiger partial charge in [0.1, 0.15) is 6.29 Å². The number of carboxylic acids is 6. The fourth-order valence-electron chi connectivity index (χ4n) is 7.38. The van der Waals surface area contributed by atoms with E-state index < -0.39 is 61.9 Å². The van der Waals surface area contributed by atoms with Gasteiger partial charge in [0.15, 0.2) is 0 Å². The van der Waals surface area contributed by atoms with Gasteiger partial charge < -0.3 is 50.6 Å². The van der Waals surface area contributed by atoms with Gasteiger partial charge in [0.05, 0.1) is 51.5 Å². The van der Waals surface area contributed by atoms with Gasteiger partial charge in [-0.25, -0.2) is 0 Å². The van der Waals surface area contributed by atoms with E-state index in [-0.39, 0.29) is 170 Å². The molecule has 358 valence electrons. The highest BCUT2D eigenvalue weighted by Gasteiger charge is 2.28. The fourth-order valence-corrected chi connectivity index (χ4v) is 8.13. The number of aliphatic hydroxyl groups excluding tert-OH is 2. The van der Waals surface area contributed by atoms with Gasteiger partial charge in [0.25, 0.3) is 0 Å². The highest BCUT2D eigenvalue weighted by atomic mass is 31.2. The van der Waals surface area contributed by atoms with E-state index in [4.69, 9.17) is 0 Å². The summed E-state index contributed by atoms with van der Waals surface area (Å²) < 4.78 is 12.3. The zero-order valence-electron chi connectivity index (χ0n) is 35.0. The molecule has 0 radical (unpaired) electrons. The predicted molar refractivity (Wildman–Crippen MR) is 218 cm³/mol. The number of hydrogen-bond acceptors (Lipinski definition) is 18. The first-order valence-corrected chi connectivity index (χ1v) is 22.1. The molecule has 2 saturated heterocycles. The van der Waals surface area contributed by atoms with Gasteiger partial charge in [0, 0.05) is 131 Å². The minimum atomic E-state index is -4.75. The van der Waals surface area contributed by atoms with Crippen molar-refractivity contribution in [3.63, 3.8) is 0 Å². The molecule has 62 heavy (non-hydrogen) atoms. The van der Waals surface area contributed by atoms with E-state index in [2.05, 4.69) is 0 Å². The standard InChI is InChI=1S/C35H66N9O17P/c45-28(17-36-1-5-38(21-30(47)48)9-13-42(25-34(55)56)14-10-39(6-2-36)22-31(49)50)19-44(27-62(59,60)61)20-29(46)18-37-3-7-40(23-32(51)52)11-15-43(26-35(57)58)16-12-41(8-4-37)24-33(53)54/h28-29,45-46H,1-27H2,(H,47,48)(H,49,50)(H,51,52)(H,53,54)(H,55,56)(H,57,58)(H2,59,60,61). The van der Waals surface area contributed by atoms with E-state index >= 15 is 0 Å². The summed E-state index contributed by atoms with van der Waals surface area (Å²) in [6.45, 7) is 0.0408. The number of nitrogens with zero attached hydrogens (tertiary/aromatic N) is 9. The number of rotatable bonds is 22. The average Bonchev–Trinajstić information content (AvgIpc) is 3.11. The van der Waals surface area contributed by atoms with Gasteiger partial charge in [-0.2, -0.15) is 0 Å². The van der Waals surface area contributed by atoms with Crippen LogP contribution in [0.15, 0.2) is 0 Å². The number of carbonyl (C=O) groups is 6. The highest BCUT2D eigenvalue weighted by Crippen LogP contribution is 2.35. The van der Waals surface area contributed by atoms with Crippen LogP contribution >= 0.6 is 7.60 Å². The largest absolute Gasteiger partial charge is 0.480 e. The number of aliphatic hydroxyl groups is 2. The first-order valence-electron chi connectivity index (χ1n) is 20.3. The van der Waals surface area contributed by atoms with E-state index in [1.54, 1.807) is 39.2 Å². The van der Waals surface area contributed by atoms with E-state index in [9.17, 15) is 84.0 Å². The predicted octanol–water partition coefficient (Wildman–Crippen LogP) is -5.90. The second-order valence-corrected chi connectivity index (χ2v) is 17.4. The minimum absolute atomic E-state index is 0.0877. The van der Waals surface area contributed by atoms with Crippen molar-refractivity contribution in [2.45, 2.75) is 12.2 Å². The molecule has 10 N–H and O–H groups in total. The van der Waals surface area contributed by atoms with E-state index in [0.29, 0.717) is 0 Å². The average molecular weight is 916 g/mol. The van der Waals surface area contributed by atoms with Crippen molar-refractivity contribution in [1.82, 2.24) is 44.1 Å². The lowest BCUT2D eigenvalue weighted by Gasteiger charge is -2.35. The van der Waals surface area contributed by atoms with Crippen molar-refractivity contribution >= 4 is 43.4 Å². The molecule has 0 aliphatic carbocycles. The van der Waals surface area contributed by atoms with Crippen molar-refractivity contribution in [2.24, 2.45) is 0 Å². The van der Waals surface area contributed by atoms with Crippen molar-refractivity contribution in [2.75, 3.05) is 176 Å². The summed E-state index contributed by atoms with van der Waals surface area (Å²) in [6, 6.07) is 0. The molecule has 26 nitrogen and oxygen atoms in total. The van der Waals surface area contributed by atoms with Gasteiger partial charge in [-0.15, -0.1) is 0 Å². The maximum atomic E-state index is 12.3. The van der Waals surface area contributed by atoms with Crippen LogP contribution < -0.4 is 0 Å². The summed E-state index contributed by atoms with van der Waals surface area (Å²) >= 11 is 0. The number of hydrogen-bond donors (Lipinski definition) is 10. The van der Waals surface area contributed by atoms with E-state index in [1.807, 2.05) is 0 Å². The molecule has 0 aromatic carbocycles. The van der Waals surface area contributed by atoms with Crippen LogP contribution in [0, 0.1) is 0 Å². The Morgan fingerprint density at radius 2 is 0.565 bits per heavy atom. The molecule has 2 aliphatic heterocycles. The lowest BCUT2D eigenvalue weighted by atomic mass is 10.2. The second kappa shape index (κ2) is 28.3. The molecule has 2 aliphatic rings. The molecule has 2 rings (SSSR count). The molecule has 2 unspecified atom stereocenters. The van der Waals surface area contributed by atoms with Crippen molar-refractivity contribution in [3.05, 3.63) is 0 Å². The maximum absolute atomic E-state index is 12.3. The van der Waals surface area contributed by atoms with Crippen molar-refractivity contribution < 1.29 is 84.0 Å². The third-order valence-corrected chi connectivity index (χ3v) is 11.0. The molecule has 0 aromatic rings. The summed E-state index contributed by atoms with van der Waals surface area (Å²) in [6.07, 6.45) is -3.38. The second-order valence-electron chi connectivity index (χ2n) is 15.8. The lowest BCUT2D eigenvalue weighted by Crippen LogP contribution is -2.51. The molecule has 0 bridgehead atoms. The van der Waals surface area contributed by atoms with Crippen LogP contribution in [0.2, 0.25) is 0 Å². The Kier molecular flexibility index (Phi) is 25.0. The van der Waals surface area contributed by atoms with E-state index in [0.717, 1.165) is 0 Å².